The minimum atomic E-state index is 0.0355. The number of hydrogen-bond acceptors (Lipinski definition) is 2. The van der Waals surface area contributed by atoms with Crippen LogP contribution in [0.15, 0.2) is 24.3 Å². The predicted octanol–water partition coefficient (Wildman–Crippen LogP) is 3.64. The average molecular weight is 287 g/mol. The lowest BCUT2D eigenvalue weighted by Crippen LogP contribution is -2.40. The average Bonchev–Trinajstić information content (AvgIpc) is 3.11. The van der Waals surface area contributed by atoms with Crippen LogP contribution in [-0.2, 0) is 0 Å². The number of amides is 1. The van der Waals surface area contributed by atoms with Crippen LogP contribution in [-0.4, -0.2) is 18.6 Å². The van der Waals surface area contributed by atoms with Gasteiger partial charge in [0, 0.05) is 11.6 Å². The first-order valence-corrected chi connectivity index (χ1v) is 8.21. The second kappa shape index (κ2) is 6.08. The minimum Gasteiger partial charge on any atom is -0.494 e. The number of carbonyl (C=O) groups excluding carboxylic acids is 1. The highest BCUT2D eigenvalue weighted by Crippen LogP contribution is 2.49. The van der Waals surface area contributed by atoms with E-state index in [0.29, 0.717) is 18.1 Å². The van der Waals surface area contributed by atoms with E-state index in [-0.39, 0.29) is 11.9 Å². The van der Waals surface area contributed by atoms with Crippen LogP contribution in [0.3, 0.4) is 0 Å². The highest BCUT2D eigenvalue weighted by molar-refractivity contribution is 5.94. The Morgan fingerprint density at radius 1 is 1.29 bits per heavy atom. The van der Waals surface area contributed by atoms with Gasteiger partial charge in [-0.15, -0.1) is 0 Å². The van der Waals surface area contributed by atoms with Crippen molar-refractivity contribution in [3.63, 3.8) is 0 Å². The second-order valence-corrected chi connectivity index (χ2v) is 6.56. The molecule has 2 aliphatic rings. The fourth-order valence-electron chi connectivity index (χ4n) is 4.17. The van der Waals surface area contributed by atoms with Gasteiger partial charge in [-0.2, -0.15) is 0 Å². The smallest absolute Gasteiger partial charge is 0.251 e. The van der Waals surface area contributed by atoms with Gasteiger partial charge in [-0.25, -0.2) is 0 Å². The molecular weight excluding hydrogens is 262 g/mol. The van der Waals surface area contributed by atoms with Crippen LogP contribution in [0.2, 0.25) is 0 Å². The summed E-state index contributed by atoms with van der Waals surface area (Å²) in [5.41, 5.74) is 0.716. The van der Waals surface area contributed by atoms with Crippen molar-refractivity contribution in [2.75, 3.05) is 6.61 Å². The summed E-state index contributed by atoms with van der Waals surface area (Å²) in [5, 5.41) is 3.19. The molecule has 0 spiro atoms. The van der Waals surface area contributed by atoms with Gasteiger partial charge in [0.15, 0.2) is 0 Å². The molecule has 3 heteroatoms. The Hall–Kier alpha value is -1.51. The van der Waals surface area contributed by atoms with Gasteiger partial charge < -0.3 is 10.1 Å². The van der Waals surface area contributed by atoms with E-state index in [1.807, 2.05) is 31.2 Å². The Morgan fingerprint density at radius 2 is 2.05 bits per heavy atom. The molecule has 1 aromatic rings. The maximum atomic E-state index is 12.3. The number of hydrogen-bond donors (Lipinski definition) is 1. The second-order valence-electron chi connectivity index (χ2n) is 6.56. The van der Waals surface area contributed by atoms with E-state index in [2.05, 4.69) is 12.2 Å². The Morgan fingerprint density at radius 3 is 2.62 bits per heavy atom. The molecule has 2 aliphatic carbocycles. The molecular formula is C18H25NO2. The van der Waals surface area contributed by atoms with E-state index in [1.54, 1.807) is 0 Å². The van der Waals surface area contributed by atoms with Crippen molar-refractivity contribution >= 4 is 5.91 Å². The van der Waals surface area contributed by atoms with Gasteiger partial charge in [0.1, 0.15) is 5.75 Å². The predicted molar refractivity (Wildman–Crippen MR) is 83.5 cm³/mol. The number of ether oxygens (including phenoxy) is 1. The molecule has 114 valence electrons. The lowest BCUT2D eigenvalue weighted by molar-refractivity contribution is 0.0915. The van der Waals surface area contributed by atoms with Crippen LogP contribution in [0, 0.1) is 17.8 Å². The first kappa shape index (κ1) is 14.4. The molecule has 2 saturated carbocycles. The van der Waals surface area contributed by atoms with E-state index in [4.69, 9.17) is 4.74 Å². The number of benzene rings is 1. The van der Waals surface area contributed by atoms with E-state index >= 15 is 0 Å². The Kier molecular flexibility index (Phi) is 4.18. The summed E-state index contributed by atoms with van der Waals surface area (Å²) in [6, 6.07) is 7.68. The van der Waals surface area contributed by atoms with Gasteiger partial charge in [0.05, 0.1) is 6.61 Å². The first-order valence-electron chi connectivity index (χ1n) is 8.21. The van der Waals surface area contributed by atoms with Gasteiger partial charge in [0.25, 0.3) is 5.91 Å². The van der Waals surface area contributed by atoms with E-state index < -0.39 is 0 Å². The highest BCUT2D eigenvalue weighted by atomic mass is 16.5. The molecule has 3 nitrogen and oxygen atoms in total. The Balaban J connectivity index is 1.58. The van der Waals surface area contributed by atoms with Crippen molar-refractivity contribution in [3.8, 4) is 5.75 Å². The summed E-state index contributed by atoms with van der Waals surface area (Å²) >= 11 is 0. The summed E-state index contributed by atoms with van der Waals surface area (Å²) in [6.07, 6.45) is 5.45. The SMILES string of the molecule is CCOc1ccc(C(=O)N[C@@H](C)[C@@H]2C[C@H]3CC[C@H]2C3)cc1. The lowest BCUT2D eigenvalue weighted by atomic mass is 9.84. The van der Waals surface area contributed by atoms with Gasteiger partial charge >= 0.3 is 0 Å². The summed E-state index contributed by atoms with van der Waals surface area (Å²) in [6.45, 7) is 4.77. The maximum Gasteiger partial charge on any atom is 0.251 e. The van der Waals surface area contributed by atoms with Gasteiger partial charge in [-0.3, -0.25) is 4.79 Å². The third kappa shape index (κ3) is 3.07. The molecule has 0 saturated heterocycles. The molecule has 4 atom stereocenters. The molecule has 0 radical (unpaired) electrons. The number of carbonyl (C=O) groups is 1. The van der Waals surface area contributed by atoms with Crippen LogP contribution in [0.1, 0.15) is 49.9 Å². The fourth-order valence-corrected chi connectivity index (χ4v) is 4.17. The molecule has 1 aromatic carbocycles. The zero-order valence-corrected chi connectivity index (χ0v) is 13.0. The zero-order chi connectivity index (χ0) is 14.8. The van der Waals surface area contributed by atoms with Crippen LogP contribution >= 0.6 is 0 Å². The molecule has 0 aliphatic heterocycles. The van der Waals surface area contributed by atoms with Gasteiger partial charge in [0.2, 0.25) is 0 Å². The maximum absolute atomic E-state index is 12.3. The van der Waals surface area contributed by atoms with Gasteiger partial charge in [-0.05, 0) is 75.1 Å². The largest absolute Gasteiger partial charge is 0.494 e. The Labute approximate surface area is 127 Å². The molecule has 2 fully saturated rings. The molecule has 3 rings (SSSR count). The minimum absolute atomic E-state index is 0.0355. The van der Waals surface area contributed by atoms with Crippen molar-refractivity contribution in [2.24, 2.45) is 17.8 Å². The summed E-state index contributed by atoms with van der Waals surface area (Å²) in [4.78, 5) is 12.3. The van der Waals surface area contributed by atoms with Crippen LogP contribution in [0.4, 0.5) is 0 Å². The molecule has 21 heavy (non-hydrogen) atoms. The standard InChI is InChI=1S/C18H25NO2/c1-3-21-16-8-6-14(7-9-16)18(20)19-12(2)17-11-13-4-5-15(17)10-13/h6-9,12-13,15,17H,3-5,10-11H2,1-2H3,(H,19,20)/t12-,13-,15-,17-/m0/s1. The highest BCUT2D eigenvalue weighted by Gasteiger charge is 2.42. The molecule has 1 N–H and O–H groups in total. The number of rotatable bonds is 5. The first-order chi connectivity index (χ1) is 10.2. The molecule has 0 aromatic heterocycles. The summed E-state index contributed by atoms with van der Waals surface area (Å²) in [5.74, 6) is 3.29. The summed E-state index contributed by atoms with van der Waals surface area (Å²) in [7, 11) is 0. The van der Waals surface area contributed by atoms with E-state index in [0.717, 1.165) is 17.6 Å². The van der Waals surface area contributed by atoms with Gasteiger partial charge in [-0.1, -0.05) is 6.42 Å². The topological polar surface area (TPSA) is 38.3 Å². The number of fused-ring (bicyclic) bond motifs is 2. The monoisotopic (exact) mass is 287 g/mol. The van der Waals surface area contributed by atoms with E-state index in [9.17, 15) is 4.79 Å². The third-order valence-corrected chi connectivity index (χ3v) is 5.22. The molecule has 2 bridgehead atoms. The third-order valence-electron chi connectivity index (χ3n) is 5.22. The zero-order valence-electron chi connectivity index (χ0n) is 13.0. The van der Waals surface area contributed by atoms with Crippen LogP contribution in [0.5, 0.6) is 5.75 Å². The molecule has 0 unspecified atom stereocenters. The van der Waals surface area contributed by atoms with Crippen LogP contribution in [0.25, 0.3) is 0 Å². The molecule has 1 amide bonds. The van der Waals surface area contributed by atoms with Crippen molar-refractivity contribution in [2.45, 2.75) is 45.6 Å². The fraction of sp³-hybridized carbons (Fsp3) is 0.611. The quantitative estimate of drug-likeness (QED) is 0.898. The van der Waals surface area contributed by atoms with Crippen LogP contribution < -0.4 is 10.1 Å². The normalized spacial score (nSPS) is 28.4. The van der Waals surface area contributed by atoms with Crippen molar-refractivity contribution < 1.29 is 9.53 Å². The lowest BCUT2D eigenvalue weighted by Gasteiger charge is -2.28. The van der Waals surface area contributed by atoms with E-state index in [1.165, 1.54) is 25.7 Å². The summed E-state index contributed by atoms with van der Waals surface area (Å²) < 4.78 is 5.40. The van der Waals surface area contributed by atoms with Crippen molar-refractivity contribution in [3.05, 3.63) is 29.8 Å². The van der Waals surface area contributed by atoms with Crippen molar-refractivity contribution in [1.82, 2.24) is 5.32 Å². The number of nitrogens with one attached hydrogen (secondary N) is 1. The molecule has 0 heterocycles. The van der Waals surface area contributed by atoms with Crippen molar-refractivity contribution in [1.29, 1.82) is 0 Å². The Bertz CT molecular complexity index is 496.